The largest absolute Gasteiger partial charge is 0.489 e. The first-order valence-electron chi connectivity index (χ1n) is 5.61. The molecule has 1 heterocycles. The minimum Gasteiger partial charge on any atom is -0.489 e. The zero-order valence-electron chi connectivity index (χ0n) is 10.2. The Labute approximate surface area is 113 Å². The van der Waals surface area contributed by atoms with Gasteiger partial charge in [-0.1, -0.05) is 0 Å². The number of nitrogens with zero attached hydrogens (tertiary/aromatic N) is 2. The number of nitro benzene ring substituents is 1. The summed E-state index contributed by atoms with van der Waals surface area (Å²) >= 11 is 0. The summed E-state index contributed by atoms with van der Waals surface area (Å²) in [6.07, 6.45) is 3.22. The van der Waals surface area contributed by atoms with Gasteiger partial charge in [0.25, 0.3) is 5.69 Å². The van der Waals surface area contributed by atoms with Crippen molar-refractivity contribution >= 4 is 11.7 Å². The number of rotatable bonds is 5. The van der Waals surface area contributed by atoms with E-state index in [1.807, 2.05) is 0 Å². The molecule has 0 radical (unpaired) electrons. The van der Waals surface area contributed by atoms with Crippen LogP contribution >= 0.6 is 0 Å². The maximum absolute atomic E-state index is 11.0. The lowest BCUT2D eigenvalue weighted by molar-refractivity contribution is -0.385. The molecular weight excluding hydrogens is 264 g/mol. The molecule has 0 fully saturated rings. The third-order valence-electron chi connectivity index (χ3n) is 2.55. The topological polar surface area (TPSA) is 103 Å². The number of ether oxygens (including phenoxy) is 1. The molecule has 0 aliphatic rings. The molecule has 1 N–H and O–H groups in total. The Bertz CT molecular complexity index is 642. The normalized spacial score (nSPS) is 10.0. The van der Waals surface area contributed by atoms with Gasteiger partial charge < -0.3 is 9.84 Å². The van der Waals surface area contributed by atoms with Gasteiger partial charge in [0, 0.05) is 24.5 Å². The van der Waals surface area contributed by atoms with E-state index in [9.17, 15) is 14.9 Å². The van der Waals surface area contributed by atoms with E-state index in [0.29, 0.717) is 0 Å². The van der Waals surface area contributed by atoms with E-state index >= 15 is 0 Å². The van der Waals surface area contributed by atoms with E-state index in [2.05, 4.69) is 4.98 Å². The lowest BCUT2D eigenvalue weighted by Crippen LogP contribution is -2.04. The number of hydrogen-bond donors (Lipinski definition) is 1. The van der Waals surface area contributed by atoms with Crippen LogP contribution in [0.3, 0.4) is 0 Å². The Kier molecular flexibility index (Phi) is 3.90. The van der Waals surface area contributed by atoms with E-state index in [4.69, 9.17) is 9.84 Å². The lowest BCUT2D eigenvalue weighted by Gasteiger charge is -2.07. The van der Waals surface area contributed by atoms with Crippen LogP contribution in [0.25, 0.3) is 0 Å². The third kappa shape index (κ3) is 3.08. The SMILES string of the molecule is O=C(O)c1cc(OCc2ccncc2)ccc1[N+](=O)[O-]. The fraction of sp³-hybridized carbons (Fsp3) is 0.0769. The molecule has 0 unspecified atom stereocenters. The van der Waals surface area contributed by atoms with Crippen molar-refractivity contribution in [2.45, 2.75) is 6.61 Å². The van der Waals surface area contributed by atoms with Crippen LogP contribution in [-0.4, -0.2) is 21.0 Å². The van der Waals surface area contributed by atoms with Crippen molar-refractivity contribution < 1.29 is 19.6 Å². The van der Waals surface area contributed by atoms with Gasteiger partial charge in [-0.15, -0.1) is 0 Å². The van der Waals surface area contributed by atoms with Gasteiger partial charge in [0.2, 0.25) is 0 Å². The summed E-state index contributed by atoms with van der Waals surface area (Å²) in [7, 11) is 0. The van der Waals surface area contributed by atoms with Crippen molar-refractivity contribution in [1.82, 2.24) is 4.98 Å². The number of carboxylic acids is 1. The van der Waals surface area contributed by atoms with Gasteiger partial charge >= 0.3 is 5.97 Å². The monoisotopic (exact) mass is 274 g/mol. The molecular formula is C13H10N2O5. The Morgan fingerprint density at radius 2 is 2.00 bits per heavy atom. The highest BCUT2D eigenvalue weighted by Crippen LogP contribution is 2.24. The van der Waals surface area contributed by atoms with Gasteiger partial charge in [-0.05, 0) is 23.8 Å². The number of hydrogen-bond acceptors (Lipinski definition) is 5. The molecule has 1 aromatic carbocycles. The first-order chi connectivity index (χ1) is 9.58. The summed E-state index contributed by atoms with van der Waals surface area (Å²) in [5.74, 6) is -1.11. The minimum absolute atomic E-state index is 0.222. The fourth-order valence-electron chi connectivity index (χ4n) is 1.58. The van der Waals surface area contributed by atoms with Crippen LogP contribution in [0.5, 0.6) is 5.75 Å². The Hall–Kier alpha value is -2.96. The maximum atomic E-state index is 11.0. The van der Waals surface area contributed by atoms with Crippen molar-refractivity contribution in [3.8, 4) is 5.75 Å². The number of nitro groups is 1. The molecule has 7 heteroatoms. The minimum atomic E-state index is -1.37. The van der Waals surface area contributed by atoms with Crippen molar-refractivity contribution in [1.29, 1.82) is 0 Å². The molecule has 20 heavy (non-hydrogen) atoms. The highest BCUT2D eigenvalue weighted by molar-refractivity contribution is 5.92. The summed E-state index contributed by atoms with van der Waals surface area (Å²) in [6.45, 7) is 0.222. The second-order valence-corrected chi connectivity index (χ2v) is 3.89. The third-order valence-corrected chi connectivity index (χ3v) is 2.55. The number of pyridine rings is 1. The van der Waals surface area contributed by atoms with E-state index in [0.717, 1.165) is 17.7 Å². The highest BCUT2D eigenvalue weighted by Gasteiger charge is 2.20. The van der Waals surface area contributed by atoms with E-state index in [1.54, 1.807) is 24.5 Å². The second-order valence-electron chi connectivity index (χ2n) is 3.89. The maximum Gasteiger partial charge on any atom is 0.342 e. The Morgan fingerprint density at radius 3 is 2.60 bits per heavy atom. The molecule has 2 rings (SSSR count). The van der Waals surface area contributed by atoms with Crippen LogP contribution in [-0.2, 0) is 6.61 Å². The highest BCUT2D eigenvalue weighted by atomic mass is 16.6. The summed E-state index contributed by atoms with van der Waals surface area (Å²) in [4.78, 5) is 24.8. The zero-order chi connectivity index (χ0) is 14.5. The summed E-state index contributed by atoms with van der Waals surface area (Å²) < 4.78 is 5.40. The lowest BCUT2D eigenvalue weighted by atomic mass is 10.1. The second kappa shape index (κ2) is 5.79. The molecule has 0 atom stereocenters. The van der Waals surface area contributed by atoms with Gasteiger partial charge in [-0.25, -0.2) is 4.79 Å². The molecule has 7 nitrogen and oxygen atoms in total. The van der Waals surface area contributed by atoms with Crippen molar-refractivity contribution in [2.75, 3.05) is 0 Å². The van der Waals surface area contributed by atoms with Gasteiger partial charge in [0.05, 0.1) is 4.92 Å². The Balaban J connectivity index is 2.19. The first kappa shape index (κ1) is 13.5. The molecule has 0 aliphatic carbocycles. The number of aromatic nitrogens is 1. The summed E-state index contributed by atoms with van der Waals surface area (Å²) in [6, 6.07) is 7.13. The molecule has 0 saturated heterocycles. The fourth-order valence-corrected chi connectivity index (χ4v) is 1.58. The zero-order valence-corrected chi connectivity index (χ0v) is 10.2. The smallest absolute Gasteiger partial charge is 0.342 e. The molecule has 1 aromatic heterocycles. The predicted octanol–water partition coefficient (Wildman–Crippen LogP) is 2.27. The Morgan fingerprint density at radius 1 is 1.30 bits per heavy atom. The number of carbonyl (C=O) groups is 1. The van der Waals surface area contributed by atoms with Crippen LogP contribution in [0.2, 0.25) is 0 Å². The number of carboxylic acid groups (broad SMARTS) is 1. The molecule has 0 saturated carbocycles. The van der Waals surface area contributed by atoms with Crippen molar-refractivity contribution in [3.63, 3.8) is 0 Å². The van der Waals surface area contributed by atoms with Crippen LogP contribution in [0.4, 0.5) is 5.69 Å². The summed E-state index contributed by atoms with van der Waals surface area (Å²) in [5.41, 5.74) is -0.00813. The standard InChI is InChI=1S/C13H10N2O5/c16-13(17)11-7-10(1-2-12(11)15(18)19)20-8-9-3-5-14-6-4-9/h1-7H,8H2,(H,16,17). The van der Waals surface area contributed by atoms with E-state index < -0.39 is 22.1 Å². The first-order valence-corrected chi connectivity index (χ1v) is 5.61. The molecule has 102 valence electrons. The molecule has 0 spiro atoms. The van der Waals surface area contributed by atoms with E-state index in [1.165, 1.54) is 6.07 Å². The van der Waals surface area contributed by atoms with Gasteiger partial charge in [-0.2, -0.15) is 0 Å². The average molecular weight is 274 g/mol. The van der Waals surface area contributed by atoms with Crippen LogP contribution in [0, 0.1) is 10.1 Å². The number of benzene rings is 1. The quantitative estimate of drug-likeness (QED) is 0.662. The summed E-state index contributed by atoms with van der Waals surface area (Å²) in [5, 5.41) is 19.7. The molecule has 0 amide bonds. The molecule has 2 aromatic rings. The average Bonchev–Trinajstić information content (AvgIpc) is 2.45. The van der Waals surface area contributed by atoms with Gasteiger partial charge in [-0.3, -0.25) is 15.1 Å². The molecule has 0 bridgehead atoms. The van der Waals surface area contributed by atoms with Crippen LogP contribution in [0.1, 0.15) is 15.9 Å². The van der Waals surface area contributed by atoms with Gasteiger partial charge in [0.15, 0.2) is 0 Å². The molecule has 0 aliphatic heterocycles. The van der Waals surface area contributed by atoms with Gasteiger partial charge in [0.1, 0.15) is 17.9 Å². The number of aromatic carboxylic acids is 1. The predicted molar refractivity (Wildman–Crippen MR) is 68.6 cm³/mol. The van der Waals surface area contributed by atoms with Crippen molar-refractivity contribution in [3.05, 3.63) is 64.0 Å². The van der Waals surface area contributed by atoms with Crippen LogP contribution < -0.4 is 4.74 Å². The van der Waals surface area contributed by atoms with Crippen molar-refractivity contribution in [2.24, 2.45) is 0 Å². The van der Waals surface area contributed by atoms with Crippen LogP contribution in [0.15, 0.2) is 42.7 Å². The van der Waals surface area contributed by atoms with E-state index in [-0.39, 0.29) is 12.4 Å².